The number of carboxylic acids is 1. The van der Waals surface area contributed by atoms with Crippen molar-refractivity contribution in [1.29, 1.82) is 0 Å². The van der Waals surface area contributed by atoms with Crippen molar-refractivity contribution in [2.45, 2.75) is 13.8 Å². The van der Waals surface area contributed by atoms with Crippen LogP contribution in [0.2, 0.25) is 0 Å². The maximum absolute atomic E-state index is 12.1. The highest BCUT2D eigenvalue weighted by Gasteiger charge is 2.21. The van der Waals surface area contributed by atoms with E-state index in [1.807, 2.05) is 0 Å². The molecular formula is C12H12N4O3. The van der Waals surface area contributed by atoms with Crippen molar-refractivity contribution in [2.75, 3.05) is 5.32 Å². The Morgan fingerprint density at radius 3 is 2.58 bits per heavy atom. The van der Waals surface area contributed by atoms with Gasteiger partial charge in [-0.05, 0) is 19.4 Å². The second kappa shape index (κ2) is 4.89. The normalized spacial score (nSPS) is 10.2. The lowest BCUT2D eigenvalue weighted by Crippen LogP contribution is -2.15. The average molecular weight is 260 g/mol. The van der Waals surface area contributed by atoms with Gasteiger partial charge in [-0.2, -0.15) is 0 Å². The number of nitrogens with one attached hydrogen (secondary N) is 2. The van der Waals surface area contributed by atoms with E-state index in [2.05, 4.69) is 20.3 Å². The summed E-state index contributed by atoms with van der Waals surface area (Å²) >= 11 is 0. The monoisotopic (exact) mass is 260 g/mol. The number of hydrogen-bond donors (Lipinski definition) is 3. The molecule has 0 saturated carbocycles. The lowest BCUT2D eigenvalue weighted by molar-refractivity contribution is 0.0690. The summed E-state index contributed by atoms with van der Waals surface area (Å²) in [6.07, 6.45) is 4.35. The van der Waals surface area contributed by atoms with E-state index in [-0.39, 0.29) is 5.69 Å². The number of amides is 1. The lowest BCUT2D eigenvalue weighted by Gasteiger charge is -2.04. The standard InChI is InChI=1S/C12H12N4O3/c1-6-9(7(2)15-10(6)12(18)19)11(17)16-8-5-13-3-4-14-8/h3-5,15H,1-2H3,(H,18,19)(H,14,16,17). The number of carbonyl (C=O) groups excluding carboxylic acids is 1. The van der Waals surface area contributed by atoms with Crippen molar-refractivity contribution < 1.29 is 14.7 Å². The van der Waals surface area contributed by atoms with Crippen LogP contribution in [0.5, 0.6) is 0 Å². The first-order valence-corrected chi connectivity index (χ1v) is 5.50. The molecule has 98 valence electrons. The van der Waals surface area contributed by atoms with Crippen molar-refractivity contribution in [1.82, 2.24) is 15.0 Å². The Morgan fingerprint density at radius 2 is 2.05 bits per heavy atom. The predicted molar refractivity (Wildman–Crippen MR) is 67.2 cm³/mol. The van der Waals surface area contributed by atoms with Crippen LogP contribution in [0.4, 0.5) is 5.82 Å². The summed E-state index contributed by atoms with van der Waals surface area (Å²) < 4.78 is 0. The van der Waals surface area contributed by atoms with Gasteiger partial charge in [0, 0.05) is 18.1 Å². The van der Waals surface area contributed by atoms with Gasteiger partial charge in [-0.15, -0.1) is 0 Å². The third kappa shape index (κ3) is 2.44. The fourth-order valence-electron chi connectivity index (χ4n) is 1.85. The molecule has 0 bridgehead atoms. The third-order valence-corrected chi connectivity index (χ3v) is 2.68. The highest BCUT2D eigenvalue weighted by Crippen LogP contribution is 2.19. The first-order valence-electron chi connectivity index (χ1n) is 5.50. The van der Waals surface area contributed by atoms with Crippen LogP contribution in [-0.4, -0.2) is 31.9 Å². The molecule has 7 heteroatoms. The van der Waals surface area contributed by atoms with E-state index in [1.54, 1.807) is 13.8 Å². The van der Waals surface area contributed by atoms with E-state index in [0.29, 0.717) is 22.6 Å². The molecule has 1 amide bonds. The smallest absolute Gasteiger partial charge is 0.352 e. The minimum Gasteiger partial charge on any atom is -0.477 e. The molecule has 2 rings (SSSR count). The molecule has 0 spiro atoms. The summed E-state index contributed by atoms with van der Waals surface area (Å²) in [5.74, 6) is -1.21. The molecule has 0 radical (unpaired) electrons. The maximum Gasteiger partial charge on any atom is 0.352 e. The summed E-state index contributed by atoms with van der Waals surface area (Å²) in [7, 11) is 0. The van der Waals surface area contributed by atoms with Crippen molar-refractivity contribution in [3.8, 4) is 0 Å². The summed E-state index contributed by atoms with van der Waals surface area (Å²) in [5.41, 5.74) is 1.22. The quantitative estimate of drug-likeness (QED) is 0.772. The van der Waals surface area contributed by atoms with Gasteiger partial charge in [-0.25, -0.2) is 9.78 Å². The van der Waals surface area contributed by atoms with E-state index in [9.17, 15) is 9.59 Å². The number of aromatic amines is 1. The van der Waals surface area contributed by atoms with Gasteiger partial charge < -0.3 is 15.4 Å². The lowest BCUT2D eigenvalue weighted by atomic mass is 10.1. The van der Waals surface area contributed by atoms with Crippen molar-refractivity contribution >= 4 is 17.7 Å². The van der Waals surface area contributed by atoms with E-state index in [1.165, 1.54) is 18.6 Å². The zero-order valence-electron chi connectivity index (χ0n) is 10.4. The van der Waals surface area contributed by atoms with Crippen molar-refractivity contribution in [3.05, 3.63) is 41.1 Å². The van der Waals surface area contributed by atoms with E-state index < -0.39 is 11.9 Å². The van der Waals surface area contributed by atoms with E-state index >= 15 is 0 Å². The van der Waals surface area contributed by atoms with Crippen LogP contribution in [0.3, 0.4) is 0 Å². The second-order valence-corrected chi connectivity index (χ2v) is 3.97. The Balaban J connectivity index is 2.32. The SMILES string of the molecule is Cc1[nH]c(C(=O)O)c(C)c1C(=O)Nc1cnccn1. The number of H-pyrrole nitrogens is 1. The topological polar surface area (TPSA) is 108 Å². The summed E-state index contributed by atoms with van der Waals surface area (Å²) in [6.45, 7) is 3.23. The van der Waals surface area contributed by atoms with Gasteiger partial charge in [-0.1, -0.05) is 0 Å². The van der Waals surface area contributed by atoms with Gasteiger partial charge in [-0.3, -0.25) is 9.78 Å². The van der Waals surface area contributed by atoms with E-state index in [4.69, 9.17) is 5.11 Å². The van der Waals surface area contributed by atoms with Crippen LogP contribution in [0.1, 0.15) is 32.1 Å². The zero-order valence-corrected chi connectivity index (χ0v) is 10.4. The molecule has 0 unspecified atom stereocenters. The Labute approximate surface area is 108 Å². The van der Waals surface area contributed by atoms with Crippen LogP contribution >= 0.6 is 0 Å². The largest absolute Gasteiger partial charge is 0.477 e. The fraction of sp³-hybridized carbons (Fsp3) is 0.167. The number of hydrogen-bond acceptors (Lipinski definition) is 4. The van der Waals surface area contributed by atoms with Gasteiger partial charge in [0.15, 0.2) is 5.82 Å². The van der Waals surface area contributed by atoms with Crippen molar-refractivity contribution in [3.63, 3.8) is 0 Å². The van der Waals surface area contributed by atoms with Crippen LogP contribution < -0.4 is 5.32 Å². The first-order chi connectivity index (χ1) is 9.00. The number of carboxylic acid groups (broad SMARTS) is 1. The number of carbonyl (C=O) groups is 2. The van der Waals surface area contributed by atoms with Crippen LogP contribution in [-0.2, 0) is 0 Å². The molecule has 0 aliphatic rings. The molecule has 7 nitrogen and oxygen atoms in total. The molecule has 2 aromatic heterocycles. The Kier molecular flexibility index (Phi) is 3.28. The van der Waals surface area contributed by atoms with Crippen LogP contribution in [0.15, 0.2) is 18.6 Å². The van der Waals surface area contributed by atoms with Crippen molar-refractivity contribution in [2.24, 2.45) is 0 Å². The summed E-state index contributed by atoms with van der Waals surface area (Å²) in [5, 5.41) is 11.6. The summed E-state index contributed by atoms with van der Waals surface area (Å²) in [4.78, 5) is 33.5. The Morgan fingerprint density at radius 1 is 1.32 bits per heavy atom. The maximum atomic E-state index is 12.1. The molecule has 0 aliphatic heterocycles. The van der Waals surface area contributed by atoms with Crippen LogP contribution in [0, 0.1) is 13.8 Å². The van der Waals surface area contributed by atoms with Gasteiger partial charge in [0.1, 0.15) is 5.69 Å². The highest BCUT2D eigenvalue weighted by molar-refractivity contribution is 6.07. The van der Waals surface area contributed by atoms with Gasteiger partial charge in [0.05, 0.1) is 11.8 Å². The number of rotatable bonds is 3. The fourth-order valence-corrected chi connectivity index (χ4v) is 1.85. The number of aromatic carboxylic acids is 1. The molecule has 0 aliphatic carbocycles. The minimum absolute atomic E-state index is 0.0156. The Bertz CT molecular complexity index is 634. The molecule has 19 heavy (non-hydrogen) atoms. The minimum atomic E-state index is -1.10. The molecule has 0 atom stereocenters. The predicted octanol–water partition coefficient (Wildman–Crippen LogP) is 1.37. The second-order valence-electron chi connectivity index (χ2n) is 3.97. The summed E-state index contributed by atoms with van der Waals surface area (Å²) in [6, 6.07) is 0. The molecule has 0 aromatic carbocycles. The number of anilines is 1. The average Bonchev–Trinajstić information content (AvgIpc) is 2.66. The first kappa shape index (κ1) is 12.7. The molecule has 2 heterocycles. The molecule has 2 aromatic rings. The number of aromatic nitrogens is 3. The Hall–Kier alpha value is -2.70. The van der Waals surface area contributed by atoms with Gasteiger partial charge >= 0.3 is 5.97 Å². The number of aryl methyl sites for hydroxylation is 1. The van der Waals surface area contributed by atoms with E-state index in [0.717, 1.165) is 0 Å². The highest BCUT2D eigenvalue weighted by atomic mass is 16.4. The van der Waals surface area contributed by atoms with Gasteiger partial charge in [0.25, 0.3) is 5.91 Å². The third-order valence-electron chi connectivity index (χ3n) is 2.68. The molecular weight excluding hydrogens is 248 g/mol. The van der Waals surface area contributed by atoms with Crippen LogP contribution in [0.25, 0.3) is 0 Å². The molecule has 3 N–H and O–H groups in total. The number of nitrogens with zero attached hydrogens (tertiary/aromatic N) is 2. The molecule has 0 saturated heterocycles. The van der Waals surface area contributed by atoms with Gasteiger partial charge in [0.2, 0.25) is 0 Å². The zero-order chi connectivity index (χ0) is 14.0. The molecule has 0 fully saturated rings.